The maximum atomic E-state index is 11.5. The SMILES string of the molecule is O=C(O)[C@H](O)C(Nc1cccc(OCc2ccc3ccccc3n2)c1)c1cccc(Cl)c1. The average Bonchev–Trinajstić information content (AvgIpc) is 2.81. The van der Waals surface area contributed by atoms with E-state index >= 15 is 0 Å². The number of pyridine rings is 1. The first kappa shape index (κ1) is 21.6. The van der Waals surface area contributed by atoms with E-state index < -0.39 is 18.1 Å². The van der Waals surface area contributed by atoms with Gasteiger partial charge in [-0.1, -0.05) is 54.1 Å². The number of fused-ring (bicyclic) bond motifs is 1. The van der Waals surface area contributed by atoms with Crippen molar-refractivity contribution >= 4 is 34.2 Å². The van der Waals surface area contributed by atoms with Crippen molar-refractivity contribution in [2.45, 2.75) is 18.8 Å². The minimum absolute atomic E-state index is 0.282. The van der Waals surface area contributed by atoms with Crippen LogP contribution in [-0.2, 0) is 11.4 Å². The number of aliphatic hydroxyl groups excluding tert-OH is 1. The molecule has 6 nitrogen and oxygen atoms in total. The molecule has 7 heteroatoms. The molecule has 0 spiro atoms. The molecule has 0 saturated carbocycles. The van der Waals surface area contributed by atoms with Crippen LogP contribution in [0, 0.1) is 0 Å². The average molecular weight is 449 g/mol. The summed E-state index contributed by atoms with van der Waals surface area (Å²) in [6.45, 7) is 0.282. The summed E-state index contributed by atoms with van der Waals surface area (Å²) >= 11 is 6.05. The number of hydrogen-bond donors (Lipinski definition) is 3. The number of nitrogens with zero attached hydrogens (tertiary/aromatic N) is 1. The number of hydrogen-bond acceptors (Lipinski definition) is 5. The summed E-state index contributed by atoms with van der Waals surface area (Å²) in [6, 6.07) is 24.7. The van der Waals surface area contributed by atoms with Gasteiger partial charge in [0.15, 0.2) is 6.10 Å². The van der Waals surface area contributed by atoms with E-state index in [9.17, 15) is 15.0 Å². The number of anilines is 1. The van der Waals surface area contributed by atoms with Crippen molar-refractivity contribution in [2.75, 3.05) is 5.32 Å². The molecule has 4 rings (SSSR count). The van der Waals surface area contributed by atoms with E-state index in [4.69, 9.17) is 16.3 Å². The Kier molecular flexibility index (Phi) is 6.54. The maximum absolute atomic E-state index is 11.5. The Hall–Kier alpha value is -3.61. The molecular formula is C25H21ClN2O4. The number of nitrogens with one attached hydrogen (secondary N) is 1. The number of aliphatic hydroxyl groups is 1. The van der Waals surface area contributed by atoms with Gasteiger partial charge < -0.3 is 20.3 Å². The van der Waals surface area contributed by atoms with Crippen LogP contribution in [0.1, 0.15) is 17.3 Å². The van der Waals surface area contributed by atoms with Gasteiger partial charge in [-0.05, 0) is 42.0 Å². The van der Waals surface area contributed by atoms with Crippen molar-refractivity contribution in [3.63, 3.8) is 0 Å². The largest absolute Gasteiger partial charge is 0.487 e. The van der Waals surface area contributed by atoms with Gasteiger partial charge in [0.05, 0.1) is 17.3 Å². The van der Waals surface area contributed by atoms with Crippen LogP contribution >= 0.6 is 11.6 Å². The van der Waals surface area contributed by atoms with Crippen LogP contribution in [-0.4, -0.2) is 27.3 Å². The molecule has 32 heavy (non-hydrogen) atoms. The van der Waals surface area contributed by atoms with E-state index in [1.165, 1.54) is 0 Å². The monoisotopic (exact) mass is 448 g/mol. The summed E-state index contributed by atoms with van der Waals surface area (Å²) in [5.74, 6) is -0.753. The Morgan fingerprint density at radius 2 is 1.81 bits per heavy atom. The number of carboxylic acids is 1. The summed E-state index contributed by atoms with van der Waals surface area (Å²) in [4.78, 5) is 16.1. The minimum atomic E-state index is -1.67. The van der Waals surface area contributed by atoms with Crippen LogP contribution in [0.25, 0.3) is 10.9 Å². The molecule has 0 amide bonds. The van der Waals surface area contributed by atoms with E-state index in [1.54, 1.807) is 48.5 Å². The number of carboxylic acid groups (broad SMARTS) is 1. The highest BCUT2D eigenvalue weighted by Crippen LogP contribution is 2.27. The van der Waals surface area contributed by atoms with Crippen LogP contribution in [0.2, 0.25) is 5.02 Å². The molecule has 0 bridgehead atoms. The Morgan fingerprint density at radius 1 is 1.00 bits per heavy atom. The van der Waals surface area contributed by atoms with E-state index in [-0.39, 0.29) is 6.61 Å². The Labute approximate surface area is 190 Å². The predicted molar refractivity (Wildman–Crippen MR) is 124 cm³/mol. The van der Waals surface area contributed by atoms with E-state index in [0.29, 0.717) is 22.0 Å². The molecule has 0 aliphatic carbocycles. The number of carbonyl (C=O) groups is 1. The first-order valence-corrected chi connectivity index (χ1v) is 10.4. The molecule has 3 N–H and O–H groups in total. The van der Waals surface area contributed by atoms with Gasteiger partial charge in [0.1, 0.15) is 12.4 Å². The van der Waals surface area contributed by atoms with Gasteiger partial charge in [-0.15, -0.1) is 0 Å². The van der Waals surface area contributed by atoms with Crippen LogP contribution < -0.4 is 10.1 Å². The topological polar surface area (TPSA) is 91.7 Å². The van der Waals surface area contributed by atoms with Crippen LogP contribution in [0.5, 0.6) is 5.75 Å². The fourth-order valence-electron chi connectivity index (χ4n) is 3.39. The number of ether oxygens (including phenoxy) is 1. The van der Waals surface area contributed by atoms with E-state index in [2.05, 4.69) is 10.3 Å². The molecule has 0 saturated heterocycles. The number of para-hydroxylation sites is 1. The second-order valence-corrected chi connectivity index (χ2v) is 7.71. The number of halogens is 1. The van der Waals surface area contributed by atoms with Crippen molar-refractivity contribution < 1.29 is 19.7 Å². The molecule has 4 aromatic rings. The molecule has 1 aromatic heterocycles. The Bertz CT molecular complexity index is 1250. The normalized spacial score (nSPS) is 12.8. The van der Waals surface area contributed by atoms with Gasteiger partial charge in [0.2, 0.25) is 0 Å². The zero-order chi connectivity index (χ0) is 22.5. The number of aliphatic carboxylic acids is 1. The molecule has 0 aliphatic heterocycles. The third-order valence-electron chi connectivity index (χ3n) is 4.98. The second-order valence-electron chi connectivity index (χ2n) is 7.27. The third kappa shape index (κ3) is 5.17. The third-order valence-corrected chi connectivity index (χ3v) is 5.21. The zero-order valence-electron chi connectivity index (χ0n) is 17.0. The highest BCUT2D eigenvalue weighted by atomic mass is 35.5. The molecule has 1 unspecified atom stereocenters. The lowest BCUT2D eigenvalue weighted by Gasteiger charge is -2.23. The summed E-state index contributed by atoms with van der Waals surface area (Å²) in [6.07, 6.45) is -1.67. The molecular weight excluding hydrogens is 428 g/mol. The second kappa shape index (κ2) is 9.68. The van der Waals surface area contributed by atoms with Crippen molar-refractivity contribution in [1.82, 2.24) is 4.98 Å². The zero-order valence-corrected chi connectivity index (χ0v) is 17.7. The van der Waals surface area contributed by atoms with Gasteiger partial charge in [-0.3, -0.25) is 0 Å². The van der Waals surface area contributed by atoms with Crippen LogP contribution in [0.3, 0.4) is 0 Å². The Morgan fingerprint density at radius 3 is 2.62 bits per heavy atom. The molecule has 162 valence electrons. The summed E-state index contributed by atoms with van der Waals surface area (Å²) in [5.41, 5.74) is 2.84. The van der Waals surface area contributed by atoms with E-state index in [1.807, 2.05) is 36.4 Å². The van der Waals surface area contributed by atoms with E-state index in [0.717, 1.165) is 16.6 Å². The molecule has 3 aromatic carbocycles. The van der Waals surface area contributed by atoms with Gasteiger partial charge >= 0.3 is 5.97 Å². The Balaban J connectivity index is 1.50. The van der Waals surface area contributed by atoms with Crippen molar-refractivity contribution in [2.24, 2.45) is 0 Å². The molecule has 1 heterocycles. The highest BCUT2D eigenvalue weighted by Gasteiger charge is 2.27. The highest BCUT2D eigenvalue weighted by molar-refractivity contribution is 6.30. The number of aromatic nitrogens is 1. The maximum Gasteiger partial charge on any atom is 0.335 e. The standard InChI is InChI=1S/C25H21ClN2O4/c26-18-7-3-6-17(13-18)23(24(29)25(30)31)28-19-8-4-9-21(14-19)32-15-20-12-11-16-5-1-2-10-22(16)27-20/h1-14,23-24,28-29H,15H2,(H,30,31)/t23?,24-/m1/s1. The fourth-order valence-corrected chi connectivity index (χ4v) is 3.59. The molecule has 0 radical (unpaired) electrons. The van der Waals surface area contributed by atoms with Gasteiger partial charge in [0, 0.05) is 22.2 Å². The summed E-state index contributed by atoms with van der Waals surface area (Å²) < 4.78 is 5.89. The van der Waals surface area contributed by atoms with Gasteiger partial charge in [-0.2, -0.15) is 0 Å². The lowest BCUT2D eigenvalue weighted by Crippen LogP contribution is -2.32. The quantitative estimate of drug-likeness (QED) is 0.348. The lowest BCUT2D eigenvalue weighted by molar-refractivity contribution is -0.147. The molecule has 2 atom stereocenters. The lowest BCUT2D eigenvalue weighted by atomic mass is 10.0. The van der Waals surface area contributed by atoms with Crippen molar-refractivity contribution in [3.05, 3.63) is 101 Å². The fraction of sp³-hybridized carbons (Fsp3) is 0.120. The summed E-state index contributed by atoms with van der Waals surface area (Å²) in [5, 5.41) is 24.2. The van der Waals surface area contributed by atoms with Gasteiger partial charge in [0.25, 0.3) is 0 Å². The molecule has 0 fully saturated rings. The summed E-state index contributed by atoms with van der Waals surface area (Å²) in [7, 11) is 0. The minimum Gasteiger partial charge on any atom is -0.487 e. The van der Waals surface area contributed by atoms with Crippen molar-refractivity contribution in [1.29, 1.82) is 0 Å². The first-order chi connectivity index (χ1) is 15.5. The van der Waals surface area contributed by atoms with Gasteiger partial charge in [-0.25, -0.2) is 9.78 Å². The van der Waals surface area contributed by atoms with Crippen LogP contribution in [0.4, 0.5) is 5.69 Å². The predicted octanol–water partition coefficient (Wildman–Crippen LogP) is 5.07. The van der Waals surface area contributed by atoms with Crippen LogP contribution in [0.15, 0.2) is 84.9 Å². The van der Waals surface area contributed by atoms with Crippen molar-refractivity contribution in [3.8, 4) is 5.75 Å². The number of benzene rings is 3. The first-order valence-electron chi connectivity index (χ1n) is 10.00. The number of rotatable bonds is 8. The smallest absolute Gasteiger partial charge is 0.335 e. The molecule has 0 aliphatic rings.